The lowest BCUT2D eigenvalue weighted by atomic mass is 9.89. The van der Waals surface area contributed by atoms with Crippen LogP contribution in [0.5, 0.6) is 0 Å². The lowest BCUT2D eigenvalue weighted by Crippen LogP contribution is -2.28. The number of nitrogens with one attached hydrogen (secondary N) is 1. The Balaban J connectivity index is 1.55. The minimum atomic E-state index is 0.00362. The van der Waals surface area contributed by atoms with E-state index in [9.17, 15) is 4.79 Å². The van der Waals surface area contributed by atoms with Gasteiger partial charge in [0.15, 0.2) is 0 Å². The Morgan fingerprint density at radius 3 is 2.87 bits per heavy atom. The molecule has 2 heterocycles. The third-order valence-corrected chi connectivity index (χ3v) is 4.57. The molecule has 0 saturated carbocycles. The molecule has 1 aliphatic carbocycles. The summed E-state index contributed by atoms with van der Waals surface area (Å²) in [6.07, 6.45) is 4.50. The second kappa shape index (κ2) is 5.54. The Morgan fingerprint density at radius 1 is 1.22 bits per heavy atom. The van der Waals surface area contributed by atoms with Crippen LogP contribution in [0.15, 0.2) is 48.7 Å². The average molecular weight is 305 g/mol. The smallest absolute Gasteiger partial charge is 0.227 e. The van der Waals surface area contributed by atoms with Crippen molar-refractivity contribution in [2.75, 3.05) is 5.32 Å². The summed E-state index contributed by atoms with van der Waals surface area (Å²) in [6, 6.07) is 13.9. The van der Waals surface area contributed by atoms with Crippen molar-refractivity contribution in [1.29, 1.82) is 0 Å². The maximum Gasteiger partial charge on any atom is 0.227 e. The molecule has 3 aromatic rings. The number of carbonyl (C=O) groups is 1. The van der Waals surface area contributed by atoms with Gasteiger partial charge in [0.05, 0.1) is 5.69 Å². The summed E-state index contributed by atoms with van der Waals surface area (Å²) in [4.78, 5) is 17.3. The molecule has 1 aliphatic rings. The van der Waals surface area contributed by atoms with E-state index in [1.165, 1.54) is 11.3 Å². The highest BCUT2D eigenvalue weighted by atomic mass is 16.1. The van der Waals surface area contributed by atoms with Gasteiger partial charge in [0, 0.05) is 29.9 Å². The number of imidazole rings is 1. The third kappa shape index (κ3) is 2.61. The van der Waals surface area contributed by atoms with Crippen molar-refractivity contribution in [3.05, 3.63) is 65.6 Å². The predicted molar refractivity (Wildman–Crippen MR) is 90.5 cm³/mol. The Morgan fingerprint density at radius 2 is 2.04 bits per heavy atom. The molecule has 0 bridgehead atoms. The van der Waals surface area contributed by atoms with Crippen molar-refractivity contribution < 1.29 is 4.79 Å². The zero-order valence-corrected chi connectivity index (χ0v) is 13.1. The molecule has 0 aliphatic heterocycles. The van der Waals surface area contributed by atoms with Crippen LogP contribution in [0.2, 0.25) is 0 Å². The minimum Gasteiger partial charge on any atom is -0.326 e. The summed E-state index contributed by atoms with van der Waals surface area (Å²) in [5.41, 5.74) is 5.34. The van der Waals surface area contributed by atoms with Gasteiger partial charge in [-0.05, 0) is 44.0 Å². The highest BCUT2D eigenvalue weighted by Crippen LogP contribution is 2.27. The fourth-order valence-corrected chi connectivity index (χ4v) is 3.26. The molecule has 2 aromatic heterocycles. The molecule has 0 spiro atoms. The number of hydrogen-bond donors (Lipinski definition) is 1. The van der Waals surface area contributed by atoms with Crippen LogP contribution >= 0.6 is 0 Å². The van der Waals surface area contributed by atoms with Gasteiger partial charge in [-0.3, -0.25) is 4.79 Å². The van der Waals surface area contributed by atoms with Crippen molar-refractivity contribution >= 4 is 17.2 Å². The van der Waals surface area contributed by atoms with Crippen LogP contribution in [0.1, 0.15) is 23.4 Å². The van der Waals surface area contributed by atoms with Gasteiger partial charge in [-0.15, -0.1) is 0 Å². The highest BCUT2D eigenvalue weighted by molar-refractivity contribution is 5.92. The number of carbonyl (C=O) groups excluding carboxylic acids is 1. The predicted octanol–water partition coefficient (Wildman–Crippen LogP) is 3.39. The van der Waals surface area contributed by atoms with Gasteiger partial charge >= 0.3 is 0 Å². The zero-order valence-electron chi connectivity index (χ0n) is 13.1. The van der Waals surface area contributed by atoms with Crippen LogP contribution in [0.25, 0.3) is 5.65 Å². The van der Waals surface area contributed by atoms with Crippen LogP contribution < -0.4 is 5.32 Å². The third-order valence-electron chi connectivity index (χ3n) is 4.57. The molecule has 116 valence electrons. The monoisotopic (exact) mass is 305 g/mol. The normalized spacial score (nSPS) is 17.0. The molecule has 1 amide bonds. The van der Waals surface area contributed by atoms with E-state index in [2.05, 4.69) is 14.7 Å². The Kier molecular flexibility index (Phi) is 3.37. The molecule has 4 nitrogen and oxygen atoms in total. The van der Waals surface area contributed by atoms with Crippen molar-refractivity contribution in [3.8, 4) is 0 Å². The first kappa shape index (κ1) is 14.0. The van der Waals surface area contributed by atoms with E-state index < -0.39 is 0 Å². The first-order valence-electron chi connectivity index (χ1n) is 8.03. The van der Waals surface area contributed by atoms with Crippen LogP contribution in [-0.4, -0.2) is 15.3 Å². The number of aromatic nitrogens is 2. The molecular weight excluding hydrogens is 286 g/mol. The van der Waals surface area contributed by atoms with E-state index in [1.54, 1.807) is 0 Å². The highest BCUT2D eigenvalue weighted by Gasteiger charge is 2.28. The molecular formula is C19H19N3O. The first-order valence-corrected chi connectivity index (χ1v) is 8.03. The van der Waals surface area contributed by atoms with Gasteiger partial charge in [0.1, 0.15) is 5.65 Å². The number of benzene rings is 1. The Hall–Kier alpha value is -2.62. The van der Waals surface area contributed by atoms with Crippen LogP contribution in [-0.2, 0) is 17.6 Å². The summed E-state index contributed by atoms with van der Waals surface area (Å²) in [5.74, 6) is 0.106. The maximum atomic E-state index is 12.6. The molecule has 4 heteroatoms. The topological polar surface area (TPSA) is 46.4 Å². The fraction of sp³-hybridized carbons (Fsp3) is 0.263. The second-order valence-corrected chi connectivity index (χ2v) is 6.23. The van der Waals surface area contributed by atoms with E-state index in [1.807, 2.05) is 55.6 Å². The molecule has 4 rings (SSSR count). The second-order valence-electron chi connectivity index (χ2n) is 6.23. The summed E-state index contributed by atoms with van der Waals surface area (Å²) >= 11 is 0. The van der Waals surface area contributed by atoms with Crippen molar-refractivity contribution in [2.45, 2.75) is 26.2 Å². The largest absolute Gasteiger partial charge is 0.326 e. The quantitative estimate of drug-likeness (QED) is 0.789. The number of anilines is 1. The van der Waals surface area contributed by atoms with Gasteiger partial charge in [-0.1, -0.05) is 23.8 Å². The van der Waals surface area contributed by atoms with E-state index >= 15 is 0 Å². The molecule has 1 atom stereocenters. The minimum absolute atomic E-state index is 0.00362. The lowest BCUT2D eigenvalue weighted by molar-refractivity contribution is -0.120. The standard InChI is InChI=1S/C19H19N3O/c1-13-5-8-15(9-6-13)20-19(23)14-7-10-16-17(12-14)22-11-3-2-4-18(22)21-16/h2-6,8-9,11,14H,7,10,12H2,1H3,(H,20,23). The van der Waals surface area contributed by atoms with Crippen molar-refractivity contribution in [3.63, 3.8) is 0 Å². The lowest BCUT2D eigenvalue weighted by Gasteiger charge is -2.21. The van der Waals surface area contributed by atoms with E-state index in [4.69, 9.17) is 0 Å². The fourth-order valence-electron chi connectivity index (χ4n) is 3.26. The zero-order chi connectivity index (χ0) is 15.8. The molecule has 0 saturated heterocycles. The summed E-state index contributed by atoms with van der Waals surface area (Å²) in [6.45, 7) is 2.04. The molecule has 1 N–H and O–H groups in total. The first-order chi connectivity index (χ1) is 11.2. The summed E-state index contributed by atoms with van der Waals surface area (Å²) in [5, 5.41) is 3.04. The Bertz CT molecular complexity index is 864. The number of amides is 1. The van der Waals surface area contributed by atoms with Crippen molar-refractivity contribution in [1.82, 2.24) is 9.38 Å². The number of pyridine rings is 1. The molecule has 23 heavy (non-hydrogen) atoms. The number of nitrogens with zero attached hydrogens (tertiary/aromatic N) is 2. The van der Waals surface area contributed by atoms with E-state index in [0.29, 0.717) is 0 Å². The van der Waals surface area contributed by atoms with Crippen LogP contribution in [0.3, 0.4) is 0 Å². The molecule has 1 aromatic carbocycles. The van der Waals surface area contributed by atoms with E-state index in [-0.39, 0.29) is 11.8 Å². The Labute approximate surface area is 135 Å². The summed E-state index contributed by atoms with van der Waals surface area (Å²) < 4.78 is 2.11. The number of hydrogen-bond acceptors (Lipinski definition) is 2. The van der Waals surface area contributed by atoms with Gasteiger partial charge in [-0.2, -0.15) is 0 Å². The maximum absolute atomic E-state index is 12.6. The van der Waals surface area contributed by atoms with E-state index in [0.717, 1.165) is 36.3 Å². The van der Waals surface area contributed by atoms with Crippen LogP contribution in [0.4, 0.5) is 5.69 Å². The van der Waals surface area contributed by atoms with Crippen LogP contribution in [0, 0.1) is 12.8 Å². The van der Waals surface area contributed by atoms with Gasteiger partial charge < -0.3 is 9.72 Å². The molecule has 0 radical (unpaired) electrons. The molecule has 1 unspecified atom stereocenters. The SMILES string of the molecule is Cc1ccc(NC(=O)C2CCc3nc4ccccn4c3C2)cc1. The van der Waals surface area contributed by atoms with Gasteiger partial charge in [0.25, 0.3) is 0 Å². The number of rotatable bonds is 2. The summed E-state index contributed by atoms with van der Waals surface area (Å²) in [7, 11) is 0. The average Bonchev–Trinajstić information content (AvgIpc) is 2.94. The van der Waals surface area contributed by atoms with Gasteiger partial charge in [0.2, 0.25) is 5.91 Å². The number of aryl methyl sites for hydroxylation is 2. The number of fused-ring (bicyclic) bond motifs is 3. The molecule has 0 fully saturated rings. The van der Waals surface area contributed by atoms with Gasteiger partial charge in [-0.25, -0.2) is 4.98 Å². The van der Waals surface area contributed by atoms with Crippen molar-refractivity contribution in [2.24, 2.45) is 5.92 Å².